The molecule has 1 heterocycles. The Bertz CT molecular complexity index is 567. The fourth-order valence-electron chi connectivity index (χ4n) is 1.74. The molecule has 114 valence electrons. The van der Waals surface area contributed by atoms with Gasteiger partial charge in [-0.15, -0.1) is 5.10 Å². The first kappa shape index (κ1) is 15.8. The zero-order valence-corrected chi connectivity index (χ0v) is 12.7. The quantitative estimate of drug-likeness (QED) is 0.795. The summed E-state index contributed by atoms with van der Waals surface area (Å²) in [5, 5.41) is 15.4. The SMILES string of the molecule is CC(C)NCCn1nnnc1SCc1cc(F)cc(F)c1. The second-order valence-corrected chi connectivity index (χ2v) is 5.80. The Hall–Kier alpha value is -1.54. The van der Waals surface area contributed by atoms with Crippen LogP contribution in [0.2, 0.25) is 0 Å². The molecule has 0 aliphatic carbocycles. The van der Waals surface area contributed by atoms with Crippen LogP contribution in [0.1, 0.15) is 19.4 Å². The minimum atomic E-state index is -0.577. The van der Waals surface area contributed by atoms with Crippen LogP contribution < -0.4 is 5.32 Å². The van der Waals surface area contributed by atoms with Crippen molar-refractivity contribution < 1.29 is 8.78 Å². The predicted octanol–water partition coefficient (Wildman–Crippen LogP) is 2.24. The molecule has 1 aromatic heterocycles. The minimum absolute atomic E-state index is 0.396. The summed E-state index contributed by atoms with van der Waals surface area (Å²) in [4.78, 5) is 0. The standard InChI is InChI=1S/C13H17F2N5S/c1-9(2)16-3-4-20-13(17-18-19-20)21-8-10-5-11(14)7-12(15)6-10/h5-7,9,16H,3-4,8H2,1-2H3. The van der Waals surface area contributed by atoms with Gasteiger partial charge in [-0.3, -0.25) is 0 Å². The Morgan fingerprint density at radius 3 is 2.62 bits per heavy atom. The fourth-order valence-corrected chi connectivity index (χ4v) is 2.57. The number of thioether (sulfide) groups is 1. The highest BCUT2D eigenvalue weighted by Gasteiger charge is 2.08. The summed E-state index contributed by atoms with van der Waals surface area (Å²) in [5.74, 6) is -0.746. The number of tetrazole rings is 1. The smallest absolute Gasteiger partial charge is 0.209 e. The molecule has 0 atom stereocenters. The largest absolute Gasteiger partial charge is 0.313 e. The van der Waals surface area contributed by atoms with Crippen molar-refractivity contribution in [3.8, 4) is 0 Å². The van der Waals surface area contributed by atoms with Crippen molar-refractivity contribution in [3.63, 3.8) is 0 Å². The molecule has 21 heavy (non-hydrogen) atoms. The third-order valence-corrected chi connectivity index (χ3v) is 3.69. The summed E-state index contributed by atoms with van der Waals surface area (Å²) in [7, 11) is 0. The van der Waals surface area contributed by atoms with Gasteiger partial charge in [0.15, 0.2) is 0 Å². The van der Waals surface area contributed by atoms with Gasteiger partial charge >= 0.3 is 0 Å². The van der Waals surface area contributed by atoms with Crippen LogP contribution in [-0.2, 0) is 12.3 Å². The van der Waals surface area contributed by atoms with Gasteiger partial charge in [-0.2, -0.15) is 0 Å². The molecule has 0 radical (unpaired) electrons. The monoisotopic (exact) mass is 313 g/mol. The van der Waals surface area contributed by atoms with E-state index in [-0.39, 0.29) is 0 Å². The zero-order valence-electron chi connectivity index (χ0n) is 11.9. The third kappa shape index (κ3) is 5.05. The van der Waals surface area contributed by atoms with Crippen molar-refractivity contribution in [3.05, 3.63) is 35.4 Å². The first-order valence-electron chi connectivity index (χ1n) is 6.62. The van der Waals surface area contributed by atoms with Crippen LogP contribution in [0.3, 0.4) is 0 Å². The molecule has 0 saturated carbocycles. The molecule has 8 heteroatoms. The van der Waals surface area contributed by atoms with E-state index in [1.54, 1.807) is 4.68 Å². The number of nitrogens with zero attached hydrogens (tertiary/aromatic N) is 4. The van der Waals surface area contributed by atoms with Gasteiger partial charge in [0.1, 0.15) is 11.6 Å². The Morgan fingerprint density at radius 2 is 1.95 bits per heavy atom. The third-order valence-electron chi connectivity index (χ3n) is 2.67. The summed E-state index contributed by atoms with van der Waals surface area (Å²) in [5.41, 5.74) is 0.562. The summed E-state index contributed by atoms with van der Waals surface area (Å²) in [6.45, 7) is 5.53. The van der Waals surface area contributed by atoms with Gasteiger partial charge in [0.2, 0.25) is 5.16 Å². The second kappa shape index (κ2) is 7.46. The Kier molecular flexibility index (Phi) is 5.63. The van der Waals surface area contributed by atoms with Crippen molar-refractivity contribution in [2.75, 3.05) is 6.54 Å². The summed E-state index contributed by atoms with van der Waals surface area (Å²) < 4.78 is 27.9. The van der Waals surface area contributed by atoms with Gasteiger partial charge in [-0.25, -0.2) is 13.5 Å². The molecule has 0 bridgehead atoms. The fraction of sp³-hybridized carbons (Fsp3) is 0.462. The van der Waals surface area contributed by atoms with Crippen molar-refractivity contribution in [1.29, 1.82) is 0 Å². The molecule has 1 aromatic carbocycles. The Labute approximate surface area is 126 Å². The van der Waals surface area contributed by atoms with Crippen LogP contribution in [0.5, 0.6) is 0 Å². The maximum absolute atomic E-state index is 13.1. The minimum Gasteiger partial charge on any atom is -0.313 e. The zero-order chi connectivity index (χ0) is 15.2. The molecule has 2 aromatic rings. The van der Waals surface area contributed by atoms with Crippen LogP contribution in [0, 0.1) is 11.6 Å². The summed E-state index contributed by atoms with van der Waals surface area (Å²) in [6.07, 6.45) is 0. The average molecular weight is 313 g/mol. The van der Waals surface area contributed by atoms with E-state index in [0.717, 1.165) is 12.6 Å². The van der Waals surface area contributed by atoms with E-state index in [9.17, 15) is 8.78 Å². The molecule has 2 rings (SSSR count). The van der Waals surface area contributed by atoms with Crippen LogP contribution in [-0.4, -0.2) is 32.8 Å². The number of hydrogen-bond donors (Lipinski definition) is 1. The summed E-state index contributed by atoms with van der Waals surface area (Å²) >= 11 is 1.35. The Balaban J connectivity index is 1.92. The number of nitrogens with one attached hydrogen (secondary N) is 1. The highest BCUT2D eigenvalue weighted by Crippen LogP contribution is 2.21. The first-order chi connectivity index (χ1) is 10.0. The maximum atomic E-state index is 13.1. The lowest BCUT2D eigenvalue weighted by Crippen LogP contribution is -2.27. The highest BCUT2D eigenvalue weighted by atomic mass is 32.2. The van der Waals surface area contributed by atoms with E-state index in [1.165, 1.54) is 23.9 Å². The molecule has 0 spiro atoms. The van der Waals surface area contributed by atoms with Gasteiger partial charge in [-0.1, -0.05) is 25.6 Å². The summed E-state index contributed by atoms with van der Waals surface area (Å²) in [6, 6.07) is 3.87. The highest BCUT2D eigenvalue weighted by molar-refractivity contribution is 7.98. The van der Waals surface area contributed by atoms with E-state index >= 15 is 0 Å². The van der Waals surface area contributed by atoms with Crippen molar-refractivity contribution in [2.45, 2.75) is 37.3 Å². The van der Waals surface area contributed by atoms with Gasteiger partial charge in [0.25, 0.3) is 0 Å². The molecule has 0 amide bonds. The molecule has 0 aliphatic rings. The molecule has 0 unspecified atom stereocenters. The van der Waals surface area contributed by atoms with E-state index in [0.29, 0.717) is 29.1 Å². The molecule has 0 saturated heterocycles. The predicted molar refractivity (Wildman–Crippen MR) is 76.9 cm³/mol. The number of rotatable bonds is 7. The lowest BCUT2D eigenvalue weighted by atomic mass is 10.2. The lowest BCUT2D eigenvalue weighted by molar-refractivity contribution is 0.485. The molecule has 0 fully saturated rings. The molecular formula is C13H17F2N5S. The number of hydrogen-bond acceptors (Lipinski definition) is 5. The first-order valence-corrected chi connectivity index (χ1v) is 7.60. The molecule has 1 N–H and O–H groups in total. The molecule has 5 nitrogen and oxygen atoms in total. The van der Waals surface area contributed by atoms with Crippen LogP contribution >= 0.6 is 11.8 Å². The normalized spacial score (nSPS) is 11.3. The van der Waals surface area contributed by atoms with E-state index in [1.807, 2.05) is 0 Å². The van der Waals surface area contributed by atoms with E-state index in [2.05, 4.69) is 34.7 Å². The van der Waals surface area contributed by atoms with Gasteiger partial charge in [0.05, 0.1) is 6.54 Å². The number of benzene rings is 1. The second-order valence-electron chi connectivity index (χ2n) is 4.86. The van der Waals surface area contributed by atoms with Gasteiger partial charge in [0, 0.05) is 24.4 Å². The number of halogens is 2. The van der Waals surface area contributed by atoms with Crippen molar-refractivity contribution in [2.24, 2.45) is 0 Å². The van der Waals surface area contributed by atoms with Crippen molar-refractivity contribution >= 4 is 11.8 Å². The van der Waals surface area contributed by atoms with Gasteiger partial charge < -0.3 is 5.32 Å². The van der Waals surface area contributed by atoms with Crippen LogP contribution in [0.4, 0.5) is 8.78 Å². The van der Waals surface area contributed by atoms with Crippen LogP contribution in [0.15, 0.2) is 23.4 Å². The molecular weight excluding hydrogens is 296 g/mol. The Morgan fingerprint density at radius 1 is 1.24 bits per heavy atom. The van der Waals surface area contributed by atoms with Crippen LogP contribution in [0.25, 0.3) is 0 Å². The number of aromatic nitrogens is 4. The topological polar surface area (TPSA) is 55.6 Å². The maximum Gasteiger partial charge on any atom is 0.209 e. The van der Waals surface area contributed by atoms with E-state index in [4.69, 9.17) is 0 Å². The van der Waals surface area contributed by atoms with E-state index < -0.39 is 11.6 Å². The van der Waals surface area contributed by atoms with Gasteiger partial charge in [-0.05, 0) is 28.1 Å². The average Bonchev–Trinajstić information content (AvgIpc) is 2.82. The molecule has 0 aliphatic heterocycles. The lowest BCUT2D eigenvalue weighted by Gasteiger charge is -2.08. The van der Waals surface area contributed by atoms with Crippen molar-refractivity contribution in [1.82, 2.24) is 25.5 Å².